The SMILES string of the molecule is O=C(CN1C(=O)NC(c2ccccc2)(c2ccccc2)C1=O)Nc1cccc(Br)c1. The first-order valence-electron chi connectivity index (χ1n) is 9.31. The van der Waals surface area contributed by atoms with Crippen LogP contribution in [0.4, 0.5) is 10.5 Å². The van der Waals surface area contributed by atoms with E-state index < -0.39 is 29.9 Å². The fourth-order valence-corrected chi connectivity index (χ4v) is 3.96. The highest BCUT2D eigenvalue weighted by Gasteiger charge is 2.54. The first kappa shape index (κ1) is 19.8. The molecule has 30 heavy (non-hydrogen) atoms. The maximum atomic E-state index is 13.5. The molecule has 1 aliphatic heterocycles. The molecular weight excluding hydrogens is 446 g/mol. The molecule has 1 fully saturated rings. The van der Waals surface area contributed by atoms with Crippen LogP contribution in [0.15, 0.2) is 89.4 Å². The molecular formula is C23H18BrN3O3. The molecule has 7 heteroatoms. The predicted octanol–water partition coefficient (Wildman–Crippen LogP) is 3.88. The van der Waals surface area contributed by atoms with E-state index in [9.17, 15) is 14.4 Å². The first-order valence-corrected chi connectivity index (χ1v) is 10.1. The molecule has 6 nitrogen and oxygen atoms in total. The number of urea groups is 1. The Labute approximate surface area is 182 Å². The lowest BCUT2D eigenvalue weighted by atomic mass is 9.82. The normalized spacial score (nSPS) is 15.0. The second-order valence-corrected chi connectivity index (χ2v) is 7.78. The number of carbonyl (C=O) groups is 3. The van der Waals surface area contributed by atoms with Gasteiger partial charge >= 0.3 is 6.03 Å². The molecule has 1 saturated heterocycles. The minimum atomic E-state index is -1.38. The summed E-state index contributed by atoms with van der Waals surface area (Å²) in [5, 5.41) is 5.54. The highest BCUT2D eigenvalue weighted by Crippen LogP contribution is 2.35. The molecule has 1 aliphatic rings. The van der Waals surface area contributed by atoms with E-state index in [1.807, 2.05) is 42.5 Å². The van der Waals surface area contributed by atoms with Gasteiger partial charge in [0, 0.05) is 10.2 Å². The van der Waals surface area contributed by atoms with Gasteiger partial charge in [0.05, 0.1) is 0 Å². The lowest BCUT2D eigenvalue weighted by molar-refractivity contribution is -0.133. The van der Waals surface area contributed by atoms with Crippen molar-refractivity contribution in [1.29, 1.82) is 0 Å². The van der Waals surface area contributed by atoms with Crippen LogP contribution < -0.4 is 10.6 Å². The summed E-state index contributed by atoms with van der Waals surface area (Å²) in [4.78, 5) is 39.8. The van der Waals surface area contributed by atoms with Gasteiger partial charge in [0.2, 0.25) is 5.91 Å². The Morgan fingerprint density at radius 2 is 1.50 bits per heavy atom. The lowest BCUT2D eigenvalue weighted by Crippen LogP contribution is -2.45. The summed E-state index contributed by atoms with van der Waals surface area (Å²) in [5.74, 6) is -0.956. The van der Waals surface area contributed by atoms with Gasteiger partial charge in [0.1, 0.15) is 6.54 Å². The van der Waals surface area contributed by atoms with Gasteiger partial charge in [-0.25, -0.2) is 4.79 Å². The zero-order valence-electron chi connectivity index (χ0n) is 15.8. The van der Waals surface area contributed by atoms with Gasteiger partial charge in [-0.3, -0.25) is 14.5 Å². The summed E-state index contributed by atoms with van der Waals surface area (Å²) in [7, 11) is 0. The molecule has 1 heterocycles. The van der Waals surface area contributed by atoms with Crippen LogP contribution in [0.1, 0.15) is 11.1 Å². The predicted molar refractivity (Wildman–Crippen MR) is 117 cm³/mol. The number of halogens is 1. The standard InChI is InChI=1S/C23H18BrN3O3/c24-18-12-7-13-19(14-18)25-20(28)15-27-21(29)23(26-22(27)30,16-8-3-1-4-9-16)17-10-5-2-6-11-17/h1-14H,15H2,(H,25,28)(H,26,30). The van der Waals surface area contributed by atoms with Crippen molar-refractivity contribution in [2.24, 2.45) is 0 Å². The van der Waals surface area contributed by atoms with Gasteiger partial charge in [-0.1, -0.05) is 82.7 Å². The van der Waals surface area contributed by atoms with Crippen molar-refractivity contribution in [3.63, 3.8) is 0 Å². The number of hydrogen-bond donors (Lipinski definition) is 2. The molecule has 0 aliphatic carbocycles. The van der Waals surface area contributed by atoms with Crippen molar-refractivity contribution in [2.45, 2.75) is 5.54 Å². The second-order valence-electron chi connectivity index (χ2n) is 6.86. The molecule has 0 saturated carbocycles. The number of anilines is 1. The summed E-state index contributed by atoms with van der Waals surface area (Å²) in [6.45, 7) is -0.390. The fraction of sp³-hybridized carbons (Fsp3) is 0.0870. The summed E-state index contributed by atoms with van der Waals surface area (Å²) in [6, 6.07) is 24.5. The number of rotatable bonds is 5. The third kappa shape index (κ3) is 3.59. The zero-order chi connectivity index (χ0) is 21.1. The van der Waals surface area contributed by atoms with E-state index in [-0.39, 0.29) is 0 Å². The molecule has 3 aromatic carbocycles. The van der Waals surface area contributed by atoms with E-state index in [0.717, 1.165) is 9.37 Å². The second kappa shape index (κ2) is 8.12. The van der Waals surface area contributed by atoms with E-state index in [1.165, 1.54) is 0 Å². The van der Waals surface area contributed by atoms with E-state index in [1.54, 1.807) is 42.5 Å². The number of carbonyl (C=O) groups excluding carboxylic acids is 3. The number of nitrogens with zero attached hydrogens (tertiary/aromatic N) is 1. The van der Waals surface area contributed by atoms with Crippen LogP contribution in [0.2, 0.25) is 0 Å². The Kier molecular flexibility index (Phi) is 5.37. The van der Waals surface area contributed by atoms with Crippen molar-refractivity contribution < 1.29 is 14.4 Å². The van der Waals surface area contributed by atoms with Crippen LogP contribution in [0.5, 0.6) is 0 Å². The molecule has 0 aromatic heterocycles. The van der Waals surface area contributed by atoms with Gasteiger partial charge in [-0.15, -0.1) is 0 Å². The van der Waals surface area contributed by atoms with Gasteiger partial charge in [0.25, 0.3) is 5.91 Å². The van der Waals surface area contributed by atoms with Crippen LogP contribution in [-0.4, -0.2) is 29.3 Å². The number of hydrogen-bond acceptors (Lipinski definition) is 3. The van der Waals surface area contributed by atoms with Crippen molar-refractivity contribution in [3.8, 4) is 0 Å². The topological polar surface area (TPSA) is 78.5 Å². The molecule has 3 aromatic rings. The molecule has 4 amide bonds. The highest BCUT2D eigenvalue weighted by atomic mass is 79.9. The Bertz CT molecular complexity index is 1060. The molecule has 0 unspecified atom stereocenters. The molecule has 0 spiro atoms. The molecule has 4 rings (SSSR count). The van der Waals surface area contributed by atoms with Crippen LogP contribution >= 0.6 is 15.9 Å². The minimum Gasteiger partial charge on any atom is -0.324 e. The lowest BCUT2D eigenvalue weighted by Gasteiger charge is -2.28. The minimum absolute atomic E-state index is 0.390. The number of nitrogens with one attached hydrogen (secondary N) is 2. The van der Waals surface area contributed by atoms with Gasteiger partial charge in [0.15, 0.2) is 5.54 Å². The number of imide groups is 1. The highest BCUT2D eigenvalue weighted by molar-refractivity contribution is 9.10. The Balaban J connectivity index is 1.65. The van der Waals surface area contributed by atoms with Gasteiger partial charge < -0.3 is 10.6 Å². The van der Waals surface area contributed by atoms with E-state index >= 15 is 0 Å². The van der Waals surface area contributed by atoms with Crippen molar-refractivity contribution in [1.82, 2.24) is 10.2 Å². The third-order valence-electron chi connectivity index (χ3n) is 4.93. The van der Waals surface area contributed by atoms with Gasteiger partial charge in [-0.2, -0.15) is 0 Å². The molecule has 150 valence electrons. The zero-order valence-corrected chi connectivity index (χ0v) is 17.4. The fourth-order valence-electron chi connectivity index (χ4n) is 3.56. The molecule has 0 atom stereocenters. The van der Waals surface area contributed by atoms with Crippen LogP contribution in [-0.2, 0) is 15.1 Å². The van der Waals surface area contributed by atoms with Crippen LogP contribution in [0.25, 0.3) is 0 Å². The summed E-state index contributed by atoms with van der Waals surface area (Å²) in [5.41, 5.74) is 0.447. The third-order valence-corrected chi connectivity index (χ3v) is 5.42. The monoisotopic (exact) mass is 463 g/mol. The van der Waals surface area contributed by atoms with Crippen molar-refractivity contribution in [2.75, 3.05) is 11.9 Å². The van der Waals surface area contributed by atoms with E-state index in [2.05, 4.69) is 26.6 Å². The largest absolute Gasteiger partial charge is 0.326 e. The van der Waals surface area contributed by atoms with Crippen molar-refractivity contribution >= 4 is 39.5 Å². The number of benzene rings is 3. The maximum Gasteiger partial charge on any atom is 0.326 e. The quantitative estimate of drug-likeness (QED) is 0.563. The maximum absolute atomic E-state index is 13.5. The Hall–Kier alpha value is -3.45. The number of amides is 4. The molecule has 2 N–H and O–H groups in total. The summed E-state index contributed by atoms with van der Waals surface area (Å²) < 4.78 is 0.808. The molecule has 0 radical (unpaired) electrons. The van der Waals surface area contributed by atoms with E-state index in [0.29, 0.717) is 16.8 Å². The van der Waals surface area contributed by atoms with Crippen LogP contribution in [0.3, 0.4) is 0 Å². The van der Waals surface area contributed by atoms with Crippen molar-refractivity contribution in [3.05, 3.63) is 101 Å². The summed E-state index contributed by atoms with van der Waals surface area (Å²) in [6.07, 6.45) is 0. The Morgan fingerprint density at radius 3 is 2.07 bits per heavy atom. The van der Waals surface area contributed by atoms with Crippen LogP contribution in [0, 0.1) is 0 Å². The Morgan fingerprint density at radius 1 is 0.900 bits per heavy atom. The molecule has 0 bridgehead atoms. The average molecular weight is 464 g/mol. The first-order chi connectivity index (χ1) is 14.5. The smallest absolute Gasteiger partial charge is 0.324 e. The average Bonchev–Trinajstić information content (AvgIpc) is 3.00. The van der Waals surface area contributed by atoms with E-state index in [4.69, 9.17) is 0 Å². The van der Waals surface area contributed by atoms with Gasteiger partial charge in [-0.05, 0) is 29.3 Å². The summed E-state index contributed by atoms with van der Waals surface area (Å²) >= 11 is 3.35.